The smallest absolute Gasteiger partial charge is 0.241 e. The molecule has 1 saturated heterocycles. The number of ether oxygens (including phenoxy) is 1. The quantitative estimate of drug-likeness (QED) is 0.712. The van der Waals surface area contributed by atoms with Gasteiger partial charge in [0.2, 0.25) is 5.91 Å². The molecular weight excluding hydrogens is 371 g/mol. The van der Waals surface area contributed by atoms with Crippen molar-refractivity contribution in [3.8, 4) is 5.75 Å². The van der Waals surface area contributed by atoms with Crippen LogP contribution >= 0.6 is 0 Å². The van der Waals surface area contributed by atoms with Crippen LogP contribution in [0.1, 0.15) is 36.5 Å². The molecule has 3 rings (SSSR count). The molecule has 1 amide bonds. The number of hydrogen-bond donors (Lipinski definition) is 1. The van der Waals surface area contributed by atoms with Crippen LogP contribution in [-0.2, 0) is 4.79 Å². The molecule has 2 aromatic rings. The van der Waals surface area contributed by atoms with Crippen molar-refractivity contribution < 1.29 is 18.7 Å². The van der Waals surface area contributed by atoms with Gasteiger partial charge >= 0.3 is 0 Å². The number of halogens is 1. The normalized spacial score (nSPS) is 16.2. The van der Waals surface area contributed by atoms with Gasteiger partial charge in [-0.2, -0.15) is 0 Å². The molecule has 0 unspecified atom stereocenters. The van der Waals surface area contributed by atoms with Crippen molar-refractivity contribution >= 4 is 17.4 Å². The Labute approximate surface area is 170 Å². The number of nitrogens with one attached hydrogen (secondary N) is 1. The second-order valence-electron chi connectivity index (χ2n) is 7.32. The fraction of sp³-hybridized carbons (Fsp3) is 0.391. The molecule has 5 nitrogen and oxygen atoms in total. The number of nitrogens with zero attached hydrogens (tertiary/aromatic N) is 1. The number of ketones is 1. The van der Waals surface area contributed by atoms with Gasteiger partial charge in [-0.15, -0.1) is 0 Å². The van der Waals surface area contributed by atoms with E-state index in [2.05, 4.69) is 10.2 Å². The number of piperidine rings is 1. The van der Waals surface area contributed by atoms with Gasteiger partial charge in [-0.05, 0) is 80.9 Å². The molecule has 0 saturated carbocycles. The minimum atomic E-state index is -0.335. The highest BCUT2D eigenvalue weighted by Gasteiger charge is 2.31. The molecule has 1 heterocycles. The average Bonchev–Trinajstić information content (AvgIpc) is 2.76. The zero-order valence-corrected chi connectivity index (χ0v) is 16.9. The highest BCUT2D eigenvalue weighted by Crippen LogP contribution is 2.25. The van der Waals surface area contributed by atoms with Crippen molar-refractivity contribution in [2.45, 2.75) is 32.2 Å². The van der Waals surface area contributed by atoms with E-state index in [9.17, 15) is 14.0 Å². The maximum absolute atomic E-state index is 13.0. The number of likely N-dealkylation sites (tertiary alicyclic amines) is 1. The van der Waals surface area contributed by atoms with E-state index in [4.69, 9.17) is 4.74 Å². The number of hydrogen-bond acceptors (Lipinski definition) is 4. The van der Waals surface area contributed by atoms with Crippen LogP contribution in [0, 0.1) is 11.7 Å². The van der Waals surface area contributed by atoms with Crippen molar-refractivity contribution in [3.63, 3.8) is 0 Å². The number of Topliss-reactive ketones (excluding diaryl/α,β-unsaturated/α-hetero) is 1. The molecule has 1 N–H and O–H groups in total. The van der Waals surface area contributed by atoms with Gasteiger partial charge in [-0.1, -0.05) is 6.92 Å². The Balaban J connectivity index is 1.56. The Morgan fingerprint density at radius 3 is 2.28 bits per heavy atom. The first-order chi connectivity index (χ1) is 14.0. The number of methoxy groups -OCH3 is 1. The van der Waals surface area contributed by atoms with Crippen LogP contribution in [0.15, 0.2) is 48.5 Å². The maximum Gasteiger partial charge on any atom is 0.241 e. The second kappa shape index (κ2) is 9.65. The van der Waals surface area contributed by atoms with Gasteiger partial charge in [0.1, 0.15) is 11.6 Å². The third kappa shape index (κ3) is 5.21. The van der Waals surface area contributed by atoms with Crippen LogP contribution in [-0.4, -0.2) is 42.8 Å². The highest BCUT2D eigenvalue weighted by molar-refractivity contribution is 5.98. The summed E-state index contributed by atoms with van der Waals surface area (Å²) in [7, 11) is 1.60. The summed E-state index contributed by atoms with van der Waals surface area (Å²) in [6.45, 7) is 3.37. The summed E-state index contributed by atoms with van der Waals surface area (Å²) < 4.78 is 18.2. The lowest BCUT2D eigenvalue weighted by Crippen LogP contribution is -2.48. The molecule has 1 atom stereocenters. The molecule has 1 aliphatic heterocycles. The van der Waals surface area contributed by atoms with Crippen LogP contribution in [0.2, 0.25) is 0 Å². The van der Waals surface area contributed by atoms with Crippen LogP contribution in [0.5, 0.6) is 5.75 Å². The zero-order chi connectivity index (χ0) is 20.8. The molecule has 1 aliphatic rings. The minimum Gasteiger partial charge on any atom is -0.497 e. The van der Waals surface area contributed by atoms with Crippen LogP contribution in [0.3, 0.4) is 0 Å². The van der Waals surface area contributed by atoms with Crippen molar-refractivity contribution in [1.82, 2.24) is 4.90 Å². The fourth-order valence-electron chi connectivity index (χ4n) is 3.83. The Bertz CT molecular complexity index is 828. The molecule has 2 aromatic carbocycles. The van der Waals surface area contributed by atoms with E-state index in [0.717, 1.165) is 18.6 Å². The lowest BCUT2D eigenvalue weighted by Gasteiger charge is -2.36. The van der Waals surface area contributed by atoms with E-state index in [1.165, 1.54) is 12.1 Å². The van der Waals surface area contributed by atoms with E-state index in [-0.39, 0.29) is 29.5 Å². The topological polar surface area (TPSA) is 58.6 Å². The summed E-state index contributed by atoms with van der Waals surface area (Å²) >= 11 is 0. The molecule has 0 bridgehead atoms. The molecule has 6 heteroatoms. The standard InChI is InChI=1S/C23H27FN2O3/c1-3-21(23(28)25-19-8-6-18(24)7-9-19)26-14-12-17(13-15-26)22(27)16-4-10-20(29-2)11-5-16/h4-11,17,21H,3,12-15H2,1-2H3,(H,25,28)/t21-/m0/s1. The minimum absolute atomic E-state index is 0.0303. The Morgan fingerprint density at radius 2 is 1.72 bits per heavy atom. The number of carbonyl (C=O) groups excluding carboxylic acids is 2. The number of amides is 1. The van der Waals surface area contributed by atoms with Gasteiger partial charge in [0.05, 0.1) is 13.2 Å². The summed E-state index contributed by atoms with van der Waals surface area (Å²) in [6, 6.07) is 12.7. The molecule has 29 heavy (non-hydrogen) atoms. The lowest BCUT2D eigenvalue weighted by molar-refractivity contribution is -0.121. The number of benzene rings is 2. The fourth-order valence-corrected chi connectivity index (χ4v) is 3.83. The SMILES string of the molecule is CC[C@@H](C(=O)Nc1ccc(F)cc1)N1CCC(C(=O)c2ccc(OC)cc2)CC1. The molecule has 1 fully saturated rings. The number of rotatable bonds is 7. The Morgan fingerprint density at radius 1 is 1.10 bits per heavy atom. The van der Waals surface area contributed by atoms with Crippen molar-refractivity contribution in [1.29, 1.82) is 0 Å². The van der Waals surface area contributed by atoms with E-state index in [0.29, 0.717) is 30.8 Å². The molecular formula is C23H27FN2O3. The zero-order valence-electron chi connectivity index (χ0n) is 16.9. The maximum atomic E-state index is 13.0. The Kier molecular flexibility index (Phi) is 6.99. The summed E-state index contributed by atoms with van der Waals surface area (Å²) in [5, 5.41) is 2.86. The highest BCUT2D eigenvalue weighted by atomic mass is 19.1. The van der Waals surface area contributed by atoms with Crippen molar-refractivity contribution in [2.24, 2.45) is 5.92 Å². The Hall–Kier alpha value is -2.73. The molecule has 0 spiro atoms. The van der Waals surface area contributed by atoms with Gasteiger partial charge in [-0.3, -0.25) is 14.5 Å². The number of anilines is 1. The summed E-state index contributed by atoms with van der Waals surface area (Å²) in [5.74, 6) is 0.417. The van der Waals surface area contributed by atoms with Crippen LogP contribution in [0.4, 0.5) is 10.1 Å². The molecule has 0 aromatic heterocycles. The van der Waals surface area contributed by atoms with Crippen molar-refractivity contribution in [3.05, 3.63) is 59.9 Å². The average molecular weight is 398 g/mol. The molecule has 0 aliphatic carbocycles. The van der Waals surface area contributed by atoms with Gasteiger partial charge in [0.15, 0.2) is 5.78 Å². The van der Waals surface area contributed by atoms with Gasteiger partial charge < -0.3 is 10.1 Å². The monoisotopic (exact) mass is 398 g/mol. The first-order valence-electron chi connectivity index (χ1n) is 10.0. The lowest BCUT2D eigenvalue weighted by atomic mass is 9.88. The van der Waals surface area contributed by atoms with Gasteiger partial charge in [-0.25, -0.2) is 4.39 Å². The molecule has 154 valence electrons. The largest absolute Gasteiger partial charge is 0.497 e. The molecule has 0 radical (unpaired) electrons. The van der Waals surface area contributed by atoms with E-state index in [1.807, 2.05) is 6.92 Å². The summed E-state index contributed by atoms with van der Waals surface area (Å²) in [5.41, 5.74) is 1.28. The van der Waals surface area contributed by atoms with E-state index < -0.39 is 0 Å². The first kappa shape index (κ1) is 21.0. The third-order valence-corrected chi connectivity index (χ3v) is 5.52. The van der Waals surface area contributed by atoms with E-state index >= 15 is 0 Å². The van der Waals surface area contributed by atoms with Gasteiger partial charge in [0.25, 0.3) is 0 Å². The predicted octanol–water partition coefficient (Wildman–Crippen LogP) is 4.15. The first-order valence-corrected chi connectivity index (χ1v) is 10.0. The van der Waals surface area contributed by atoms with Gasteiger partial charge in [0, 0.05) is 17.2 Å². The van der Waals surface area contributed by atoms with E-state index in [1.54, 1.807) is 43.5 Å². The third-order valence-electron chi connectivity index (χ3n) is 5.52. The second-order valence-corrected chi connectivity index (χ2v) is 7.32. The van der Waals surface area contributed by atoms with Crippen LogP contribution < -0.4 is 10.1 Å². The van der Waals surface area contributed by atoms with Crippen molar-refractivity contribution in [2.75, 3.05) is 25.5 Å². The summed E-state index contributed by atoms with van der Waals surface area (Å²) in [4.78, 5) is 27.6. The predicted molar refractivity (Wildman–Crippen MR) is 111 cm³/mol. The van der Waals surface area contributed by atoms with Crippen LogP contribution in [0.25, 0.3) is 0 Å². The number of carbonyl (C=O) groups is 2. The summed E-state index contributed by atoms with van der Waals surface area (Å²) in [6.07, 6.45) is 2.13.